The number of amides is 1. The second kappa shape index (κ2) is 7.59. The molecule has 1 unspecified atom stereocenters. The summed E-state index contributed by atoms with van der Waals surface area (Å²) >= 11 is 3.40. The highest BCUT2D eigenvalue weighted by Gasteiger charge is 2.31. The number of pyridine rings is 1. The number of carbonyl (C=O) groups excluding carboxylic acids is 1. The summed E-state index contributed by atoms with van der Waals surface area (Å²) < 4.78 is 6.32. The Balaban J connectivity index is 1.53. The number of ether oxygens (including phenoxy) is 1. The Labute approximate surface area is 145 Å². The second-order valence-electron chi connectivity index (χ2n) is 6.12. The van der Waals surface area contributed by atoms with E-state index in [1.165, 1.54) is 0 Å². The number of anilines is 1. The van der Waals surface area contributed by atoms with Crippen molar-refractivity contribution in [1.82, 2.24) is 9.88 Å². The van der Waals surface area contributed by atoms with Gasteiger partial charge in [0, 0.05) is 50.1 Å². The number of aromatic nitrogens is 1. The van der Waals surface area contributed by atoms with Crippen molar-refractivity contribution in [2.75, 3.05) is 44.3 Å². The van der Waals surface area contributed by atoms with Crippen LogP contribution in [0.4, 0.5) is 5.82 Å². The number of rotatable bonds is 3. The summed E-state index contributed by atoms with van der Waals surface area (Å²) in [6.07, 6.45) is 3.57. The van der Waals surface area contributed by atoms with Gasteiger partial charge in [-0.2, -0.15) is 0 Å². The summed E-state index contributed by atoms with van der Waals surface area (Å²) in [7, 11) is 0. The Morgan fingerprint density at radius 2 is 1.96 bits per heavy atom. The van der Waals surface area contributed by atoms with Gasteiger partial charge in [0.25, 0.3) is 0 Å². The summed E-state index contributed by atoms with van der Waals surface area (Å²) in [4.78, 5) is 21.1. The van der Waals surface area contributed by atoms with Crippen molar-refractivity contribution in [2.24, 2.45) is 11.7 Å². The van der Waals surface area contributed by atoms with Crippen molar-refractivity contribution in [2.45, 2.75) is 18.9 Å². The fraction of sp³-hybridized carbons (Fsp3) is 0.625. The monoisotopic (exact) mass is 382 g/mol. The van der Waals surface area contributed by atoms with E-state index in [0.29, 0.717) is 26.3 Å². The first-order valence-electron chi connectivity index (χ1n) is 8.14. The predicted octanol–water partition coefficient (Wildman–Crippen LogP) is 1.25. The number of piperazine rings is 1. The number of carbonyl (C=O) groups is 1. The second-order valence-corrected chi connectivity index (χ2v) is 7.04. The minimum Gasteiger partial charge on any atom is -0.381 e. The molecule has 1 amide bonds. The Bertz CT molecular complexity index is 525. The molecule has 0 saturated carbocycles. The van der Waals surface area contributed by atoms with Crippen LogP contribution in [0.3, 0.4) is 0 Å². The molecule has 0 aromatic carbocycles. The van der Waals surface area contributed by atoms with E-state index < -0.39 is 6.04 Å². The third kappa shape index (κ3) is 4.02. The van der Waals surface area contributed by atoms with Gasteiger partial charge in [-0.05, 0) is 46.8 Å². The van der Waals surface area contributed by atoms with E-state index in [4.69, 9.17) is 10.5 Å². The zero-order chi connectivity index (χ0) is 16.2. The standard InChI is InChI=1S/C16H23BrN4O2/c17-13-1-2-14(19-11-13)20-5-7-21(8-6-20)16(22)15(18)12-3-9-23-10-4-12/h1-2,11-12,15H,3-10,18H2. The van der Waals surface area contributed by atoms with E-state index in [0.717, 1.165) is 36.2 Å². The van der Waals surface area contributed by atoms with E-state index >= 15 is 0 Å². The third-order valence-electron chi connectivity index (χ3n) is 4.69. The number of nitrogens with zero attached hydrogens (tertiary/aromatic N) is 3. The van der Waals surface area contributed by atoms with E-state index in [9.17, 15) is 4.79 Å². The van der Waals surface area contributed by atoms with E-state index in [2.05, 4.69) is 25.8 Å². The first kappa shape index (κ1) is 16.7. The van der Waals surface area contributed by atoms with Gasteiger partial charge >= 0.3 is 0 Å². The molecule has 0 bridgehead atoms. The lowest BCUT2D eigenvalue weighted by Gasteiger charge is -2.38. The van der Waals surface area contributed by atoms with Crippen LogP contribution in [0.5, 0.6) is 0 Å². The van der Waals surface area contributed by atoms with Crippen molar-refractivity contribution in [3.8, 4) is 0 Å². The largest absolute Gasteiger partial charge is 0.381 e. The summed E-state index contributed by atoms with van der Waals surface area (Å²) in [5.74, 6) is 1.29. The zero-order valence-electron chi connectivity index (χ0n) is 13.2. The van der Waals surface area contributed by atoms with Crippen LogP contribution in [0.2, 0.25) is 0 Å². The minimum absolute atomic E-state index is 0.0836. The number of hydrogen-bond donors (Lipinski definition) is 1. The van der Waals surface area contributed by atoms with Gasteiger partial charge in [0.2, 0.25) is 5.91 Å². The molecule has 3 heterocycles. The van der Waals surface area contributed by atoms with Crippen molar-refractivity contribution in [3.63, 3.8) is 0 Å². The molecule has 23 heavy (non-hydrogen) atoms. The molecule has 2 aliphatic heterocycles. The first-order chi connectivity index (χ1) is 11.1. The van der Waals surface area contributed by atoms with Crippen molar-refractivity contribution in [3.05, 3.63) is 22.8 Å². The van der Waals surface area contributed by atoms with E-state index in [1.807, 2.05) is 17.0 Å². The third-order valence-corrected chi connectivity index (χ3v) is 5.16. The van der Waals surface area contributed by atoms with Gasteiger partial charge in [0.1, 0.15) is 5.82 Å². The average Bonchev–Trinajstić information content (AvgIpc) is 2.62. The molecule has 0 radical (unpaired) electrons. The van der Waals surface area contributed by atoms with Crippen LogP contribution in [0.25, 0.3) is 0 Å². The zero-order valence-corrected chi connectivity index (χ0v) is 14.7. The maximum Gasteiger partial charge on any atom is 0.239 e. The molecule has 0 aliphatic carbocycles. The highest BCUT2D eigenvalue weighted by molar-refractivity contribution is 9.10. The molecule has 3 rings (SSSR count). The summed E-state index contributed by atoms with van der Waals surface area (Å²) in [6.45, 7) is 4.42. The molecule has 2 fully saturated rings. The molecule has 126 valence electrons. The highest BCUT2D eigenvalue weighted by Crippen LogP contribution is 2.21. The normalized spacial score (nSPS) is 21.3. The smallest absolute Gasteiger partial charge is 0.239 e. The molecule has 1 aromatic rings. The summed E-state index contributed by atoms with van der Waals surface area (Å²) in [6, 6.07) is 3.59. The average molecular weight is 383 g/mol. The molecule has 1 aromatic heterocycles. The maximum absolute atomic E-state index is 12.6. The molecule has 6 nitrogen and oxygen atoms in total. The molecule has 0 spiro atoms. The summed E-state index contributed by atoms with van der Waals surface area (Å²) in [5, 5.41) is 0. The molecule has 7 heteroatoms. The number of halogens is 1. The SMILES string of the molecule is NC(C(=O)N1CCN(c2ccc(Br)cn2)CC1)C1CCOCC1. The Morgan fingerprint density at radius 3 is 2.57 bits per heavy atom. The van der Waals surface area contributed by atoms with Gasteiger partial charge in [0.15, 0.2) is 0 Å². The highest BCUT2D eigenvalue weighted by atomic mass is 79.9. The van der Waals surface area contributed by atoms with Crippen LogP contribution in [-0.2, 0) is 9.53 Å². The maximum atomic E-state index is 12.6. The predicted molar refractivity (Wildman–Crippen MR) is 92.2 cm³/mol. The van der Waals surface area contributed by atoms with Gasteiger partial charge in [-0.25, -0.2) is 4.98 Å². The Morgan fingerprint density at radius 1 is 1.26 bits per heavy atom. The van der Waals surface area contributed by atoms with Gasteiger partial charge in [-0.1, -0.05) is 0 Å². The van der Waals surface area contributed by atoms with Gasteiger partial charge < -0.3 is 20.3 Å². The van der Waals surface area contributed by atoms with Crippen molar-refractivity contribution in [1.29, 1.82) is 0 Å². The van der Waals surface area contributed by atoms with Crippen LogP contribution >= 0.6 is 15.9 Å². The molecular formula is C16H23BrN4O2. The molecular weight excluding hydrogens is 360 g/mol. The van der Waals surface area contributed by atoms with Crippen LogP contribution in [0.1, 0.15) is 12.8 Å². The molecule has 1 atom stereocenters. The summed E-state index contributed by atoms with van der Waals surface area (Å²) in [5.41, 5.74) is 6.21. The van der Waals surface area contributed by atoms with E-state index in [1.54, 1.807) is 6.20 Å². The number of nitrogens with two attached hydrogens (primary N) is 1. The lowest BCUT2D eigenvalue weighted by Crippen LogP contribution is -2.55. The fourth-order valence-electron chi connectivity index (χ4n) is 3.20. The van der Waals surface area contributed by atoms with Crippen LogP contribution in [0.15, 0.2) is 22.8 Å². The van der Waals surface area contributed by atoms with Gasteiger partial charge in [-0.15, -0.1) is 0 Å². The van der Waals surface area contributed by atoms with E-state index in [-0.39, 0.29) is 11.8 Å². The lowest BCUT2D eigenvalue weighted by atomic mass is 9.91. The first-order valence-corrected chi connectivity index (χ1v) is 8.93. The lowest BCUT2D eigenvalue weighted by molar-refractivity contribution is -0.135. The fourth-order valence-corrected chi connectivity index (χ4v) is 3.43. The van der Waals surface area contributed by atoms with Crippen LogP contribution < -0.4 is 10.6 Å². The quantitative estimate of drug-likeness (QED) is 0.851. The Hall–Kier alpha value is -1.18. The minimum atomic E-state index is -0.392. The van der Waals surface area contributed by atoms with Crippen LogP contribution in [0, 0.1) is 5.92 Å². The molecule has 2 saturated heterocycles. The number of hydrogen-bond acceptors (Lipinski definition) is 5. The van der Waals surface area contributed by atoms with Crippen molar-refractivity contribution < 1.29 is 9.53 Å². The topological polar surface area (TPSA) is 71.7 Å². The van der Waals surface area contributed by atoms with Gasteiger partial charge in [-0.3, -0.25) is 4.79 Å². The molecule has 2 aliphatic rings. The van der Waals surface area contributed by atoms with Crippen molar-refractivity contribution >= 4 is 27.7 Å². The van der Waals surface area contributed by atoms with Gasteiger partial charge in [0.05, 0.1) is 6.04 Å². The molecule has 2 N–H and O–H groups in total. The van der Waals surface area contributed by atoms with Crippen LogP contribution in [-0.4, -0.2) is 61.2 Å². The Kier molecular flexibility index (Phi) is 5.50.